The van der Waals surface area contributed by atoms with Crippen molar-refractivity contribution in [2.45, 2.75) is 32.0 Å². The van der Waals surface area contributed by atoms with E-state index >= 15 is 0 Å². The summed E-state index contributed by atoms with van der Waals surface area (Å²) in [6.45, 7) is 1.74. The molecule has 1 aliphatic heterocycles. The number of hydrogen-bond acceptors (Lipinski definition) is 3. The minimum Gasteiger partial charge on any atom is -0.497 e. The van der Waals surface area contributed by atoms with Gasteiger partial charge in [-0.1, -0.05) is 18.2 Å². The third kappa shape index (κ3) is 3.80. The molecule has 25 heavy (non-hydrogen) atoms. The van der Waals surface area contributed by atoms with Gasteiger partial charge < -0.3 is 15.4 Å². The van der Waals surface area contributed by atoms with E-state index in [4.69, 9.17) is 4.74 Å². The Morgan fingerprint density at radius 3 is 2.52 bits per heavy atom. The monoisotopic (exact) mass is 358 g/mol. The van der Waals surface area contributed by atoms with Crippen LogP contribution in [0.15, 0.2) is 42.5 Å². The minimum atomic E-state index is 0. The molecule has 2 N–H and O–H groups in total. The van der Waals surface area contributed by atoms with Gasteiger partial charge in [0.2, 0.25) is 0 Å². The minimum absolute atomic E-state index is 0. The highest BCUT2D eigenvalue weighted by molar-refractivity contribution is 5.94. The molecule has 0 saturated heterocycles. The molecule has 1 fully saturated rings. The van der Waals surface area contributed by atoms with Crippen LogP contribution in [0.2, 0.25) is 0 Å². The summed E-state index contributed by atoms with van der Waals surface area (Å²) in [5, 5.41) is 6.56. The molecule has 1 heterocycles. The van der Waals surface area contributed by atoms with Crippen LogP contribution >= 0.6 is 12.4 Å². The SMILES string of the molecule is COc1ccc(C(NC(=O)c2ccc3c(c2)CNC3)C2CC2)cc1.Cl. The summed E-state index contributed by atoms with van der Waals surface area (Å²) < 4.78 is 5.22. The molecular weight excluding hydrogens is 336 g/mol. The highest BCUT2D eigenvalue weighted by Crippen LogP contribution is 2.41. The van der Waals surface area contributed by atoms with Crippen molar-refractivity contribution in [2.75, 3.05) is 7.11 Å². The van der Waals surface area contributed by atoms with Crippen molar-refractivity contribution < 1.29 is 9.53 Å². The van der Waals surface area contributed by atoms with Gasteiger partial charge in [-0.05, 0) is 59.7 Å². The number of halogens is 1. The number of ether oxygens (including phenoxy) is 1. The lowest BCUT2D eigenvalue weighted by Crippen LogP contribution is -2.30. The van der Waals surface area contributed by atoms with E-state index in [1.54, 1.807) is 7.11 Å². The molecule has 0 spiro atoms. The molecule has 0 radical (unpaired) electrons. The maximum Gasteiger partial charge on any atom is 0.251 e. The molecule has 2 aromatic carbocycles. The Morgan fingerprint density at radius 2 is 1.84 bits per heavy atom. The van der Waals surface area contributed by atoms with Gasteiger partial charge in [0, 0.05) is 18.7 Å². The van der Waals surface area contributed by atoms with Crippen LogP contribution in [-0.4, -0.2) is 13.0 Å². The Kier molecular flexibility index (Phi) is 5.30. The topological polar surface area (TPSA) is 50.4 Å². The fourth-order valence-electron chi connectivity index (χ4n) is 3.37. The highest BCUT2D eigenvalue weighted by Gasteiger charge is 2.33. The average molecular weight is 359 g/mol. The van der Waals surface area contributed by atoms with Gasteiger partial charge in [-0.25, -0.2) is 0 Å². The summed E-state index contributed by atoms with van der Waals surface area (Å²) in [7, 11) is 1.66. The van der Waals surface area contributed by atoms with E-state index in [2.05, 4.69) is 28.8 Å². The summed E-state index contributed by atoms with van der Waals surface area (Å²) in [4.78, 5) is 12.7. The lowest BCUT2D eigenvalue weighted by molar-refractivity contribution is 0.0931. The Hall–Kier alpha value is -2.04. The van der Waals surface area contributed by atoms with E-state index < -0.39 is 0 Å². The van der Waals surface area contributed by atoms with Crippen LogP contribution in [-0.2, 0) is 13.1 Å². The van der Waals surface area contributed by atoms with Crippen LogP contribution in [0.5, 0.6) is 5.75 Å². The van der Waals surface area contributed by atoms with Crippen LogP contribution in [0.25, 0.3) is 0 Å². The summed E-state index contributed by atoms with van der Waals surface area (Å²) in [6.07, 6.45) is 2.34. The first-order valence-electron chi connectivity index (χ1n) is 8.52. The molecule has 0 aromatic heterocycles. The van der Waals surface area contributed by atoms with Gasteiger partial charge in [0.25, 0.3) is 5.91 Å². The number of benzene rings is 2. The second-order valence-electron chi connectivity index (χ2n) is 6.65. The third-order valence-corrected chi connectivity index (χ3v) is 4.95. The van der Waals surface area contributed by atoms with E-state index in [0.29, 0.717) is 5.92 Å². The van der Waals surface area contributed by atoms with Gasteiger partial charge >= 0.3 is 0 Å². The zero-order valence-corrected chi connectivity index (χ0v) is 15.1. The molecule has 0 bridgehead atoms. The molecule has 5 heteroatoms. The Labute approximate surface area is 154 Å². The summed E-state index contributed by atoms with van der Waals surface area (Å²) in [5.41, 5.74) is 4.42. The van der Waals surface area contributed by atoms with Crippen molar-refractivity contribution in [3.05, 3.63) is 64.7 Å². The van der Waals surface area contributed by atoms with Gasteiger partial charge in [0.1, 0.15) is 5.75 Å². The van der Waals surface area contributed by atoms with E-state index in [1.807, 2.05) is 24.3 Å². The molecule has 1 atom stereocenters. The maximum absolute atomic E-state index is 12.7. The molecule has 2 aliphatic rings. The number of carbonyl (C=O) groups is 1. The van der Waals surface area contributed by atoms with Gasteiger partial charge in [-0.15, -0.1) is 12.4 Å². The summed E-state index contributed by atoms with van der Waals surface area (Å²) in [6, 6.07) is 14.1. The van der Waals surface area contributed by atoms with Crippen molar-refractivity contribution in [3.63, 3.8) is 0 Å². The van der Waals surface area contributed by atoms with Gasteiger partial charge in [-0.3, -0.25) is 4.79 Å². The van der Waals surface area contributed by atoms with E-state index in [9.17, 15) is 4.79 Å². The second-order valence-corrected chi connectivity index (χ2v) is 6.65. The number of fused-ring (bicyclic) bond motifs is 1. The number of rotatable bonds is 5. The van der Waals surface area contributed by atoms with Crippen LogP contribution in [0.4, 0.5) is 0 Å². The fraction of sp³-hybridized carbons (Fsp3) is 0.350. The largest absolute Gasteiger partial charge is 0.497 e. The van der Waals surface area contributed by atoms with Crippen LogP contribution in [0, 0.1) is 5.92 Å². The Morgan fingerprint density at radius 1 is 1.12 bits per heavy atom. The molecule has 1 aliphatic carbocycles. The van der Waals surface area contributed by atoms with Gasteiger partial charge in [0.15, 0.2) is 0 Å². The van der Waals surface area contributed by atoms with E-state index in [1.165, 1.54) is 24.0 Å². The van der Waals surface area contributed by atoms with Gasteiger partial charge in [-0.2, -0.15) is 0 Å². The standard InChI is InChI=1S/C20H22N2O2.ClH/c1-24-18-8-6-14(7-9-18)19(13-2-3-13)22-20(23)15-4-5-16-11-21-12-17(16)10-15;/h4-10,13,19,21H,2-3,11-12H2,1H3,(H,22,23);1H. The highest BCUT2D eigenvalue weighted by atomic mass is 35.5. The third-order valence-electron chi connectivity index (χ3n) is 4.95. The number of methoxy groups -OCH3 is 1. The Balaban J connectivity index is 0.00000182. The van der Waals surface area contributed by atoms with Crippen LogP contribution in [0.3, 0.4) is 0 Å². The van der Waals surface area contributed by atoms with Crippen molar-refractivity contribution in [1.82, 2.24) is 10.6 Å². The first-order valence-corrected chi connectivity index (χ1v) is 8.52. The predicted molar refractivity (Wildman–Crippen MR) is 100 cm³/mol. The van der Waals surface area contributed by atoms with E-state index in [-0.39, 0.29) is 24.4 Å². The van der Waals surface area contributed by atoms with Gasteiger partial charge in [0.05, 0.1) is 13.2 Å². The van der Waals surface area contributed by atoms with Crippen molar-refractivity contribution in [1.29, 1.82) is 0 Å². The quantitative estimate of drug-likeness (QED) is 0.858. The predicted octanol–water partition coefficient (Wildman–Crippen LogP) is 3.60. The molecule has 1 saturated carbocycles. The first-order chi connectivity index (χ1) is 11.7. The zero-order valence-electron chi connectivity index (χ0n) is 14.2. The van der Waals surface area contributed by atoms with Crippen LogP contribution < -0.4 is 15.4 Å². The smallest absolute Gasteiger partial charge is 0.251 e. The lowest BCUT2D eigenvalue weighted by atomic mass is 10.0. The summed E-state index contributed by atoms with van der Waals surface area (Å²) in [5.74, 6) is 1.39. The average Bonchev–Trinajstić information content (AvgIpc) is 3.35. The van der Waals surface area contributed by atoms with E-state index in [0.717, 1.165) is 30.0 Å². The number of nitrogens with one attached hydrogen (secondary N) is 2. The molecule has 1 unspecified atom stereocenters. The molecule has 132 valence electrons. The Bertz CT molecular complexity index is 757. The fourth-order valence-corrected chi connectivity index (χ4v) is 3.37. The summed E-state index contributed by atoms with van der Waals surface area (Å²) >= 11 is 0. The molecule has 4 rings (SSSR count). The molecule has 4 nitrogen and oxygen atoms in total. The molecule has 1 amide bonds. The van der Waals surface area contributed by atoms with Crippen molar-refractivity contribution >= 4 is 18.3 Å². The number of carbonyl (C=O) groups excluding carboxylic acids is 1. The van der Waals surface area contributed by atoms with Crippen molar-refractivity contribution in [2.24, 2.45) is 5.92 Å². The molecule has 2 aromatic rings. The number of hydrogen-bond donors (Lipinski definition) is 2. The second kappa shape index (κ2) is 7.46. The molecular formula is C20H23ClN2O2. The lowest BCUT2D eigenvalue weighted by Gasteiger charge is -2.19. The maximum atomic E-state index is 12.7. The van der Waals surface area contributed by atoms with Crippen molar-refractivity contribution in [3.8, 4) is 5.75 Å². The normalized spacial score (nSPS) is 16.5. The number of amides is 1. The van der Waals surface area contributed by atoms with Crippen LogP contribution in [0.1, 0.15) is 45.9 Å². The first kappa shape index (κ1) is 17.8. The zero-order chi connectivity index (χ0) is 16.5.